The standard InChI is InChI=1S/C25H37N7O2S/c1-25(2,3)28-22-21(18-9-11-19(34-5)12-10-18)27-23-32(22)29-24(35-23)30(4)17-20(33)26-13-8-16-31-14-6-7-15-31/h9-12,28H,6-8,13-17H2,1-5H3,(H,26,33). The Morgan fingerprint density at radius 1 is 1.20 bits per heavy atom. The highest BCUT2D eigenvalue weighted by atomic mass is 32.1. The summed E-state index contributed by atoms with van der Waals surface area (Å²) in [7, 11) is 3.55. The fourth-order valence-corrected chi connectivity index (χ4v) is 5.05. The van der Waals surface area contributed by atoms with Crippen LogP contribution in [0.5, 0.6) is 5.75 Å². The lowest BCUT2D eigenvalue weighted by Crippen LogP contribution is -2.36. The molecule has 9 nitrogen and oxygen atoms in total. The van der Waals surface area contributed by atoms with E-state index in [1.54, 1.807) is 7.11 Å². The summed E-state index contributed by atoms with van der Waals surface area (Å²) >= 11 is 1.47. The first-order chi connectivity index (χ1) is 16.7. The molecule has 0 unspecified atom stereocenters. The zero-order valence-corrected chi connectivity index (χ0v) is 22.2. The van der Waals surface area contributed by atoms with Crippen molar-refractivity contribution in [3.05, 3.63) is 24.3 Å². The Balaban J connectivity index is 1.45. The molecule has 1 fully saturated rings. The van der Waals surface area contributed by atoms with Crippen LogP contribution in [0.2, 0.25) is 0 Å². The maximum absolute atomic E-state index is 12.5. The summed E-state index contributed by atoms with van der Waals surface area (Å²) in [6.45, 7) is 10.7. The topological polar surface area (TPSA) is 87.0 Å². The molecule has 0 saturated carbocycles. The summed E-state index contributed by atoms with van der Waals surface area (Å²) in [5.74, 6) is 1.64. The minimum Gasteiger partial charge on any atom is -0.497 e. The van der Waals surface area contributed by atoms with E-state index in [0.717, 1.165) is 45.9 Å². The van der Waals surface area contributed by atoms with Crippen molar-refractivity contribution < 1.29 is 9.53 Å². The monoisotopic (exact) mass is 499 g/mol. The molecule has 4 rings (SSSR count). The third-order valence-electron chi connectivity index (χ3n) is 5.93. The van der Waals surface area contributed by atoms with Crippen LogP contribution in [0.25, 0.3) is 16.2 Å². The third-order valence-corrected chi connectivity index (χ3v) is 6.95. The molecule has 0 aliphatic carbocycles. The predicted octanol–water partition coefficient (Wildman–Crippen LogP) is 3.72. The number of rotatable bonds is 10. The maximum atomic E-state index is 12.5. The van der Waals surface area contributed by atoms with Gasteiger partial charge in [0.05, 0.1) is 13.7 Å². The summed E-state index contributed by atoms with van der Waals surface area (Å²) in [6, 6.07) is 7.86. The summed E-state index contributed by atoms with van der Waals surface area (Å²) in [6.07, 6.45) is 3.57. The average molecular weight is 500 g/mol. The van der Waals surface area contributed by atoms with Gasteiger partial charge in [0.1, 0.15) is 11.4 Å². The number of likely N-dealkylation sites (tertiary alicyclic amines) is 1. The summed E-state index contributed by atoms with van der Waals surface area (Å²) < 4.78 is 7.14. The van der Waals surface area contributed by atoms with Gasteiger partial charge < -0.3 is 25.2 Å². The molecule has 2 aromatic heterocycles. The van der Waals surface area contributed by atoms with Crippen molar-refractivity contribution in [3.8, 4) is 17.0 Å². The first kappa shape index (κ1) is 25.2. The summed E-state index contributed by atoms with van der Waals surface area (Å²) in [5, 5.41) is 12.2. The van der Waals surface area contributed by atoms with Crippen molar-refractivity contribution >= 4 is 33.2 Å². The Labute approximate surface area is 211 Å². The number of hydrogen-bond acceptors (Lipinski definition) is 8. The molecule has 35 heavy (non-hydrogen) atoms. The van der Waals surface area contributed by atoms with Crippen LogP contribution in [-0.2, 0) is 4.79 Å². The predicted molar refractivity (Wildman–Crippen MR) is 143 cm³/mol. The largest absolute Gasteiger partial charge is 0.497 e. The van der Waals surface area contributed by atoms with Gasteiger partial charge in [0.15, 0.2) is 5.82 Å². The van der Waals surface area contributed by atoms with Gasteiger partial charge in [-0.2, -0.15) is 4.52 Å². The molecule has 1 aliphatic rings. The molecule has 0 atom stereocenters. The molecular formula is C25H37N7O2S. The highest BCUT2D eigenvalue weighted by molar-refractivity contribution is 7.20. The lowest BCUT2D eigenvalue weighted by Gasteiger charge is -2.22. The van der Waals surface area contributed by atoms with Gasteiger partial charge in [0.2, 0.25) is 16.0 Å². The SMILES string of the molecule is COc1ccc(-c2nc3sc(N(C)CC(=O)NCCCN4CCCC4)nn3c2NC(C)(C)C)cc1. The lowest BCUT2D eigenvalue weighted by atomic mass is 10.1. The Morgan fingerprint density at radius 3 is 2.57 bits per heavy atom. The van der Waals surface area contributed by atoms with Gasteiger partial charge in [-0.1, -0.05) is 11.3 Å². The Bertz CT molecular complexity index is 1130. The van der Waals surface area contributed by atoms with Crippen molar-refractivity contribution in [1.82, 2.24) is 24.8 Å². The molecule has 190 valence electrons. The number of nitrogens with zero attached hydrogens (tertiary/aromatic N) is 5. The highest BCUT2D eigenvalue weighted by Gasteiger charge is 2.23. The molecule has 3 aromatic rings. The van der Waals surface area contributed by atoms with Gasteiger partial charge >= 0.3 is 0 Å². The van der Waals surface area contributed by atoms with Gasteiger partial charge in [0, 0.05) is 24.7 Å². The smallest absolute Gasteiger partial charge is 0.239 e. The number of anilines is 2. The van der Waals surface area contributed by atoms with Crippen LogP contribution in [0.4, 0.5) is 10.9 Å². The van der Waals surface area contributed by atoms with E-state index in [-0.39, 0.29) is 18.0 Å². The average Bonchev–Trinajstić information content (AvgIpc) is 3.54. The second-order valence-corrected chi connectivity index (χ2v) is 11.0. The van der Waals surface area contributed by atoms with E-state index < -0.39 is 0 Å². The Kier molecular flexibility index (Phi) is 7.81. The Hall–Kier alpha value is -2.85. The van der Waals surface area contributed by atoms with Crippen molar-refractivity contribution in [2.45, 2.75) is 45.6 Å². The van der Waals surface area contributed by atoms with Gasteiger partial charge in [-0.25, -0.2) is 4.98 Å². The zero-order valence-electron chi connectivity index (χ0n) is 21.4. The molecule has 3 heterocycles. The van der Waals surface area contributed by atoms with Crippen LogP contribution in [0.15, 0.2) is 24.3 Å². The van der Waals surface area contributed by atoms with Crippen molar-refractivity contribution in [2.75, 3.05) is 57.1 Å². The number of carbonyl (C=O) groups excluding carboxylic acids is 1. The maximum Gasteiger partial charge on any atom is 0.239 e. The molecule has 1 aromatic carbocycles. The van der Waals surface area contributed by atoms with Crippen LogP contribution in [0, 0.1) is 0 Å². The normalized spacial score (nSPS) is 14.4. The number of likely N-dealkylation sites (N-methyl/N-ethyl adjacent to an activating group) is 1. The lowest BCUT2D eigenvalue weighted by molar-refractivity contribution is -0.119. The van der Waals surface area contributed by atoms with Crippen molar-refractivity contribution in [1.29, 1.82) is 0 Å². The highest BCUT2D eigenvalue weighted by Crippen LogP contribution is 2.35. The van der Waals surface area contributed by atoms with Crippen molar-refractivity contribution in [3.63, 3.8) is 0 Å². The van der Waals surface area contributed by atoms with Crippen molar-refractivity contribution in [2.24, 2.45) is 0 Å². The minimum atomic E-state index is -0.179. The van der Waals surface area contributed by atoms with Gasteiger partial charge in [-0.3, -0.25) is 4.79 Å². The van der Waals surface area contributed by atoms with Crippen LogP contribution < -0.4 is 20.3 Å². The molecule has 0 radical (unpaired) electrons. The molecule has 1 amide bonds. The first-order valence-electron chi connectivity index (χ1n) is 12.3. The number of fused-ring (bicyclic) bond motifs is 1. The van der Waals surface area contributed by atoms with E-state index in [0.29, 0.717) is 6.54 Å². The Morgan fingerprint density at radius 2 is 1.91 bits per heavy atom. The molecule has 0 spiro atoms. The number of benzene rings is 1. The molecular weight excluding hydrogens is 462 g/mol. The number of aromatic nitrogens is 3. The molecule has 1 aliphatic heterocycles. The molecule has 0 bridgehead atoms. The van der Waals surface area contributed by atoms with Gasteiger partial charge in [0.25, 0.3) is 0 Å². The summed E-state index contributed by atoms with van der Waals surface area (Å²) in [5.41, 5.74) is 1.65. The van der Waals surface area contributed by atoms with Crippen LogP contribution in [0.3, 0.4) is 0 Å². The number of imidazole rings is 1. The number of carbonyl (C=O) groups is 1. The minimum absolute atomic E-state index is 0.00808. The second-order valence-electron chi connectivity index (χ2n) is 10.1. The zero-order chi connectivity index (χ0) is 25.0. The van der Waals surface area contributed by atoms with Crippen LogP contribution in [-0.4, -0.2) is 77.8 Å². The van der Waals surface area contributed by atoms with E-state index in [1.807, 2.05) is 40.7 Å². The van der Waals surface area contributed by atoms with Gasteiger partial charge in [-0.15, -0.1) is 5.10 Å². The van der Waals surface area contributed by atoms with E-state index in [9.17, 15) is 4.79 Å². The van der Waals surface area contributed by atoms with Gasteiger partial charge in [-0.05, 0) is 83.9 Å². The summed E-state index contributed by atoms with van der Waals surface area (Å²) in [4.78, 5) is 22.5. The molecule has 1 saturated heterocycles. The number of amides is 1. The fourth-order valence-electron chi connectivity index (χ4n) is 4.19. The quantitative estimate of drug-likeness (QED) is 0.411. The van der Waals surface area contributed by atoms with E-state index in [2.05, 4.69) is 36.3 Å². The number of ether oxygens (including phenoxy) is 1. The van der Waals surface area contributed by atoms with E-state index in [1.165, 1.54) is 37.3 Å². The molecule has 10 heteroatoms. The number of nitrogens with one attached hydrogen (secondary N) is 2. The number of methoxy groups -OCH3 is 1. The van der Waals surface area contributed by atoms with E-state index >= 15 is 0 Å². The van der Waals surface area contributed by atoms with Crippen LogP contribution in [0.1, 0.15) is 40.0 Å². The second kappa shape index (κ2) is 10.8. The van der Waals surface area contributed by atoms with Crippen LogP contribution >= 0.6 is 11.3 Å². The van der Waals surface area contributed by atoms with E-state index in [4.69, 9.17) is 14.8 Å². The fraction of sp³-hybridized carbons (Fsp3) is 0.560. The number of hydrogen-bond donors (Lipinski definition) is 2. The third kappa shape index (κ3) is 6.43. The molecule has 2 N–H and O–H groups in total. The first-order valence-corrected chi connectivity index (χ1v) is 13.1.